The monoisotopic (exact) mass is 285 g/mol. The lowest BCUT2D eigenvalue weighted by Gasteiger charge is -2.00. The van der Waals surface area contributed by atoms with Crippen LogP contribution >= 0.6 is 0 Å². The van der Waals surface area contributed by atoms with Gasteiger partial charge < -0.3 is 20.1 Å². The van der Waals surface area contributed by atoms with Crippen LogP contribution in [0.3, 0.4) is 0 Å². The van der Waals surface area contributed by atoms with Crippen molar-refractivity contribution in [3.05, 3.63) is 30.6 Å². The van der Waals surface area contributed by atoms with Crippen LogP contribution in [0.15, 0.2) is 35.1 Å². The number of nitrogen functional groups attached to an aromatic ring is 1. The van der Waals surface area contributed by atoms with E-state index in [9.17, 15) is 5.11 Å². The fraction of sp³-hybridized carbons (Fsp3) is 0.0769. The van der Waals surface area contributed by atoms with Gasteiger partial charge in [-0.3, -0.25) is 0 Å². The van der Waals surface area contributed by atoms with Crippen LogP contribution in [0.25, 0.3) is 23.0 Å². The van der Waals surface area contributed by atoms with E-state index in [-0.39, 0.29) is 17.5 Å². The Morgan fingerprint density at radius 3 is 2.86 bits per heavy atom. The number of rotatable bonds is 3. The van der Waals surface area contributed by atoms with E-state index in [1.807, 2.05) is 0 Å². The van der Waals surface area contributed by atoms with Crippen molar-refractivity contribution < 1.29 is 14.4 Å². The SMILES string of the molecule is COc1cc(-c2noc(-c3ccc(N)cc3O)n2)ncn1. The summed E-state index contributed by atoms with van der Waals surface area (Å²) in [7, 11) is 1.50. The van der Waals surface area contributed by atoms with Gasteiger partial charge in [0, 0.05) is 17.8 Å². The zero-order valence-electron chi connectivity index (χ0n) is 11.0. The number of aromatic nitrogens is 4. The molecular formula is C13H11N5O3. The summed E-state index contributed by atoms with van der Waals surface area (Å²) in [6.07, 6.45) is 1.34. The standard InChI is InChI=1S/C13H11N5O3/c1-20-11-5-9(15-6-16-11)12-17-13(21-18-12)8-3-2-7(14)4-10(8)19/h2-6,19H,14H2,1H3. The topological polar surface area (TPSA) is 120 Å². The van der Waals surface area contributed by atoms with Gasteiger partial charge in [0.2, 0.25) is 11.7 Å². The Labute approximate surface area is 119 Å². The van der Waals surface area contributed by atoms with E-state index < -0.39 is 0 Å². The third-order valence-corrected chi connectivity index (χ3v) is 2.76. The number of benzene rings is 1. The highest BCUT2D eigenvalue weighted by Gasteiger charge is 2.15. The van der Waals surface area contributed by atoms with Crippen molar-refractivity contribution in [2.75, 3.05) is 12.8 Å². The maximum Gasteiger partial charge on any atom is 0.262 e. The smallest absolute Gasteiger partial charge is 0.262 e. The van der Waals surface area contributed by atoms with Crippen LogP contribution in [0.5, 0.6) is 11.6 Å². The van der Waals surface area contributed by atoms with E-state index in [1.165, 1.54) is 19.5 Å². The highest BCUT2D eigenvalue weighted by atomic mass is 16.5. The number of ether oxygens (including phenoxy) is 1. The molecule has 8 nitrogen and oxygen atoms in total. The predicted octanol–water partition coefficient (Wildman–Crippen LogP) is 1.49. The van der Waals surface area contributed by atoms with Gasteiger partial charge in [-0.05, 0) is 12.1 Å². The number of phenolic OH excluding ortho intramolecular Hbond substituents is 1. The lowest BCUT2D eigenvalue weighted by atomic mass is 10.2. The van der Waals surface area contributed by atoms with Gasteiger partial charge in [-0.1, -0.05) is 5.16 Å². The average Bonchev–Trinajstić information content (AvgIpc) is 2.97. The van der Waals surface area contributed by atoms with Crippen molar-refractivity contribution in [1.29, 1.82) is 0 Å². The van der Waals surface area contributed by atoms with E-state index >= 15 is 0 Å². The van der Waals surface area contributed by atoms with Gasteiger partial charge in [0.05, 0.1) is 12.7 Å². The molecule has 2 heterocycles. The van der Waals surface area contributed by atoms with E-state index in [2.05, 4.69) is 20.1 Å². The Hall–Kier alpha value is -3.16. The third kappa shape index (κ3) is 2.46. The Bertz CT molecular complexity index is 787. The molecule has 0 aliphatic rings. The fourth-order valence-corrected chi connectivity index (χ4v) is 1.74. The van der Waals surface area contributed by atoms with Crippen LogP contribution < -0.4 is 10.5 Å². The van der Waals surface area contributed by atoms with Gasteiger partial charge in [-0.2, -0.15) is 4.98 Å². The molecule has 0 aliphatic carbocycles. The highest BCUT2D eigenvalue weighted by Crippen LogP contribution is 2.30. The second kappa shape index (κ2) is 5.08. The lowest BCUT2D eigenvalue weighted by Crippen LogP contribution is -1.92. The maximum atomic E-state index is 9.85. The molecule has 3 aromatic rings. The van der Waals surface area contributed by atoms with E-state index in [1.54, 1.807) is 18.2 Å². The van der Waals surface area contributed by atoms with E-state index in [0.29, 0.717) is 22.8 Å². The van der Waals surface area contributed by atoms with Crippen molar-refractivity contribution in [1.82, 2.24) is 20.1 Å². The molecule has 21 heavy (non-hydrogen) atoms. The van der Waals surface area contributed by atoms with Gasteiger partial charge in [-0.15, -0.1) is 0 Å². The summed E-state index contributed by atoms with van der Waals surface area (Å²) >= 11 is 0. The summed E-state index contributed by atoms with van der Waals surface area (Å²) in [6.45, 7) is 0. The summed E-state index contributed by atoms with van der Waals surface area (Å²) in [6, 6.07) is 6.22. The number of nitrogens with two attached hydrogens (primary N) is 1. The van der Waals surface area contributed by atoms with Gasteiger partial charge >= 0.3 is 0 Å². The quantitative estimate of drug-likeness (QED) is 0.694. The molecule has 3 N–H and O–H groups in total. The second-order valence-electron chi connectivity index (χ2n) is 4.15. The number of nitrogens with zero attached hydrogens (tertiary/aromatic N) is 4. The number of hydrogen-bond donors (Lipinski definition) is 2. The molecule has 0 radical (unpaired) electrons. The van der Waals surface area contributed by atoms with Gasteiger partial charge in [0.15, 0.2) is 0 Å². The van der Waals surface area contributed by atoms with Crippen LogP contribution in [0.2, 0.25) is 0 Å². The Morgan fingerprint density at radius 1 is 1.24 bits per heavy atom. The zero-order chi connectivity index (χ0) is 14.8. The van der Waals surface area contributed by atoms with Crippen LogP contribution in [-0.2, 0) is 0 Å². The summed E-state index contributed by atoms with van der Waals surface area (Å²) in [5, 5.41) is 13.7. The molecule has 8 heteroatoms. The van der Waals surface area contributed by atoms with Crippen molar-refractivity contribution in [3.63, 3.8) is 0 Å². The number of hydrogen-bond acceptors (Lipinski definition) is 8. The van der Waals surface area contributed by atoms with E-state index in [0.717, 1.165) is 0 Å². The third-order valence-electron chi connectivity index (χ3n) is 2.76. The summed E-state index contributed by atoms with van der Waals surface area (Å²) < 4.78 is 10.1. The average molecular weight is 285 g/mol. The number of methoxy groups -OCH3 is 1. The highest BCUT2D eigenvalue weighted by molar-refractivity contribution is 5.67. The minimum Gasteiger partial charge on any atom is -0.507 e. The fourth-order valence-electron chi connectivity index (χ4n) is 1.74. The number of anilines is 1. The second-order valence-corrected chi connectivity index (χ2v) is 4.15. The molecule has 0 amide bonds. The van der Waals surface area contributed by atoms with Crippen molar-refractivity contribution >= 4 is 5.69 Å². The Morgan fingerprint density at radius 2 is 2.10 bits per heavy atom. The minimum atomic E-state index is -0.0366. The van der Waals surface area contributed by atoms with Crippen LogP contribution in [0, 0.1) is 0 Å². The molecule has 1 aromatic carbocycles. The molecule has 106 valence electrons. The molecule has 0 fully saturated rings. The van der Waals surface area contributed by atoms with Gasteiger partial charge in [-0.25, -0.2) is 9.97 Å². The molecule has 0 saturated carbocycles. The Balaban J connectivity index is 1.99. The first-order chi connectivity index (χ1) is 10.2. The van der Waals surface area contributed by atoms with Gasteiger partial charge in [0.1, 0.15) is 17.8 Å². The first kappa shape index (κ1) is 12.9. The molecular weight excluding hydrogens is 274 g/mol. The van der Waals surface area contributed by atoms with Crippen LogP contribution in [0.1, 0.15) is 0 Å². The first-order valence-electron chi connectivity index (χ1n) is 5.96. The zero-order valence-corrected chi connectivity index (χ0v) is 11.0. The molecule has 0 saturated heterocycles. The summed E-state index contributed by atoms with van der Waals surface area (Å²) in [5.74, 6) is 0.786. The summed E-state index contributed by atoms with van der Waals surface area (Å²) in [5.41, 5.74) is 6.86. The molecule has 0 unspecified atom stereocenters. The van der Waals surface area contributed by atoms with Crippen LogP contribution in [-0.4, -0.2) is 32.3 Å². The molecule has 0 spiro atoms. The molecule has 0 bridgehead atoms. The van der Waals surface area contributed by atoms with Crippen LogP contribution in [0.4, 0.5) is 5.69 Å². The molecule has 0 atom stereocenters. The molecule has 0 aliphatic heterocycles. The van der Waals surface area contributed by atoms with Crippen molar-refractivity contribution in [2.45, 2.75) is 0 Å². The minimum absolute atomic E-state index is 0.0366. The molecule has 3 rings (SSSR count). The maximum absolute atomic E-state index is 9.85. The Kier molecular flexibility index (Phi) is 3.11. The molecule has 2 aromatic heterocycles. The van der Waals surface area contributed by atoms with Crippen molar-refractivity contribution in [3.8, 4) is 34.6 Å². The largest absolute Gasteiger partial charge is 0.507 e. The first-order valence-corrected chi connectivity index (χ1v) is 5.96. The lowest BCUT2D eigenvalue weighted by molar-refractivity contribution is 0.397. The normalized spacial score (nSPS) is 10.5. The van der Waals surface area contributed by atoms with Crippen molar-refractivity contribution in [2.24, 2.45) is 0 Å². The summed E-state index contributed by atoms with van der Waals surface area (Å²) in [4.78, 5) is 12.1. The van der Waals surface area contributed by atoms with E-state index in [4.69, 9.17) is 15.0 Å². The number of phenols is 1. The van der Waals surface area contributed by atoms with Gasteiger partial charge in [0.25, 0.3) is 5.89 Å². The predicted molar refractivity (Wildman–Crippen MR) is 73.4 cm³/mol. The number of aromatic hydroxyl groups is 1.